The summed E-state index contributed by atoms with van der Waals surface area (Å²) in [6.45, 7) is 5.14. The number of carboxylic acid groups (broad SMARTS) is 1. The third kappa shape index (κ3) is 2.53. The number of fused-ring (bicyclic) bond motifs is 1. The van der Waals surface area contributed by atoms with Crippen LogP contribution in [0.5, 0.6) is 0 Å². The number of carbonyl (C=O) groups is 2. The normalized spacial score (nSPS) is 11.8. The Bertz CT molecular complexity index is 650. The van der Waals surface area contributed by atoms with Crippen LogP contribution >= 0.6 is 11.3 Å². The Labute approximate surface area is 120 Å². The number of aliphatic carboxylic acids is 1. The van der Waals surface area contributed by atoms with Crippen LogP contribution in [0.15, 0.2) is 6.07 Å². The second-order valence-corrected chi connectivity index (χ2v) is 6.44. The van der Waals surface area contributed by atoms with E-state index in [9.17, 15) is 9.59 Å². The lowest BCUT2D eigenvalue weighted by atomic mass is 9.94. The molecular weight excluding hydrogens is 278 g/mol. The van der Waals surface area contributed by atoms with Crippen LogP contribution in [-0.4, -0.2) is 33.3 Å². The first kappa shape index (κ1) is 14.5. The number of carbonyl (C=O) groups excluding carboxylic acids is 1. The zero-order valence-corrected chi connectivity index (χ0v) is 12.7. The Balaban J connectivity index is 2.16. The molecule has 2 rings (SSSR count). The second-order valence-electron chi connectivity index (χ2n) is 5.41. The van der Waals surface area contributed by atoms with Gasteiger partial charge in [0.05, 0.1) is 16.0 Å². The number of amides is 1. The fourth-order valence-corrected chi connectivity index (χ4v) is 2.82. The molecule has 0 atom stereocenters. The van der Waals surface area contributed by atoms with Gasteiger partial charge in [0.15, 0.2) is 0 Å². The van der Waals surface area contributed by atoms with Gasteiger partial charge in [0.1, 0.15) is 4.83 Å². The van der Waals surface area contributed by atoms with Gasteiger partial charge in [-0.1, -0.05) is 0 Å². The summed E-state index contributed by atoms with van der Waals surface area (Å²) in [4.78, 5) is 24.6. The Morgan fingerprint density at radius 2 is 2.15 bits per heavy atom. The molecule has 0 aliphatic carbocycles. The zero-order chi connectivity index (χ0) is 15.1. The zero-order valence-electron chi connectivity index (χ0n) is 11.9. The highest BCUT2D eigenvalue weighted by Gasteiger charge is 2.28. The molecule has 2 heterocycles. The molecule has 0 spiro atoms. The average molecular weight is 295 g/mol. The molecule has 108 valence electrons. The van der Waals surface area contributed by atoms with Crippen LogP contribution in [0.3, 0.4) is 0 Å². The van der Waals surface area contributed by atoms with E-state index in [1.165, 1.54) is 11.3 Å². The van der Waals surface area contributed by atoms with E-state index in [-0.39, 0.29) is 12.5 Å². The topological polar surface area (TPSA) is 84.2 Å². The lowest BCUT2D eigenvalue weighted by Crippen LogP contribution is -2.38. The number of aryl methyl sites for hydroxylation is 2. The first-order valence-electron chi connectivity index (χ1n) is 6.17. The number of nitrogens with zero attached hydrogens (tertiary/aromatic N) is 2. The molecule has 0 aromatic carbocycles. The lowest BCUT2D eigenvalue weighted by molar-refractivity contribution is -0.146. The van der Waals surface area contributed by atoms with Crippen molar-refractivity contribution in [3.8, 4) is 0 Å². The predicted molar refractivity (Wildman–Crippen MR) is 77.1 cm³/mol. The number of nitrogens with one attached hydrogen (secondary N) is 1. The Kier molecular flexibility index (Phi) is 3.56. The standard InChI is InChI=1S/C13H17N3O3S/c1-7-8-5-9(20-11(8)16(4)15-7)10(17)14-6-13(2,3)12(18)19/h5H,6H2,1-4H3,(H,14,17)(H,18,19). The van der Waals surface area contributed by atoms with Gasteiger partial charge in [-0.05, 0) is 26.8 Å². The minimum Gasteiger partial charge on any atom is -0.481 e. The highest BCUT2D eigenvalue weighted by atomic mass is 32.1. The molecule has 0 saturated heterocycles. The molecule has 2 aromatic heterocycles. The van der Waals surface area contributed by atoms with Gasteiger partial charge >= 0.3 is 5.97 Å². The van der Waals surface area contributed by atoms with E-state index < -0.39 is 11.4 Å². The molecule has 20 heavy (non-hydrogen) atoms. The van der Waals surface area contributed by atoms with Gasteiger partial charge in [0.2, 0.25) is 0 Å². The van der Waals surface area contributed by atoms with E-state index in [0.717, 1.165) is 15.9 Å². The maximum Gasteiger partial charge on any atom is 0.310 e. The Hall–Kier alpha value is -1.89. The van der Waals surface area contributed by atoms with Crippen molar-refractivity contribution in [1.82, 2.24) is 15.1 Å². The van der Waals surface area contributed by atoms with E-state index in [2.05, 4.69) is 10.4 Å². The molecule has 2 aromatic rings. The quantitative estimate of drug-likeness (QED) is 0.900. The van der Waals surface area contributed by atoms with Gasteiger partial charge in [-0.3, -0.25) is 14.3 Å². The van der Waals surface area contributed by atoms with Crippen LogP contribution in [0, 0.1) is 12.3 Å². The smallest absolute Gasteiger partial charge is 0.310 e. The molecule has 0 radical (unpaired) electrons. The van der Waals surface area contributed by atoms with E-state index in [4.69, 9.17) is 5.11 Å². The summed E-state index contributed by atoms with van der Waals surface area (Å²) in [7, 11) is 1.83. The Morgan fingerprint density at radius 1 is 1.50 bits per heavy atom. The molecule has 0 fully saturated rings. The number of hydrogen-bond acceptors (Lipinski definition) is 4. The lowest BCUT2D eigenvalue weighted by Gasteiger charge is -2.19. The average Bonchev–Trinajstić information content (AvgIpc) is 2.89. The molecule has 0 saturated carbocycles. The summed E-state index contributed by atoms with van der Waals surface area (Å²) in [5, 5.41) is 16.9. The molecule has 1 amide bonds. The van der Waals surface area contributed by atoms with Crippen LogP contribution in [0.1, 0.15) is 29.2 Å². The molecule has 7 heteroatoms. The first-order chi connectivity index (χ1) is 9.22. The minimum absolute atomic E-state index is 0.0899. The highest BCUT2D eigenvalue weighted by Crippen LogP contribution is 2.27. The third-order valence-electron chi connectivity index (χ3n) is 3.19. The van der Waals surface area contributed by atoms with E-state index in [0.29, 0.717) is 4.88 Å². The van der Waals surface area contributed by atoms with Gasteiger partial charge in [0.25, 0.3) is 5.91 Å². The number of thiophene rings is 1. The highest BCUT2D eigenvalue weighted by molar-refractivity contribution is 7.20. The fourth-order valence-electron chi connectivity index (χ4n) is 1.78. The van der Waals surface area contributed by atoms with Crippen molar-refractivity contribution in [3.05, 3.63) is 16.6 Å². The maximum absolute atomic E-state index is 12.1. The van der Waals surface area contributed by atoms with Gasteiger partial charge in [-0.15, -0.1) is 11.3 Å². The van der Waals surface area contributed by atoms with E-state index in [1.807, 2.05) is 14.0 Å². The summed E-state index contributed by atoms with van der Waals surface area (Å²) in [6, 6.07) is 1.80. The van der Waals surface area contributed by atoms with Crippen LogP contribution in [0.4, 0.5) is 0 Å². The second kappa shape index (κ2) is 4.90. The third-order valence-corrected chi connectivity index (χ3v) is 4.39. The van der Waals surface area contributed by atoms with Gasteiger partial charge in [-0.2, -0.15) is 5.10 Å². The number of aromatic nitrogens is 2. The molecule has 6 nitrogen and oxygen atoms in total. The summed E-state index contributed by atoms with van der Waals surface area (Å²) in [6.07, 6.45) is 0. The van der Waals surface area contributed by atoms with Crippen LogP contribution in [-0.2, 0) is 11.8 Å². The predicted octanol–water partition coefficient (Wildman–Crippen LogP) is 1.78. The number of rotatable bonds is 4. The molecule has 0 aliphatic heterocycles. The SMILES string of the molecule is Cc1nn(C)c2sc(C(=O)NCC(C)(C)C(=O)O)cc12. The molecular formula is C13H17N3O3S. The minimum atomic E-state index is -0.982. The number of hydrogen-bond donors (Lipinski definition) is 2. The monoisotopic (exact) mass is 295 g/mol. The van der Waals surface area contributed by atoms with Crippen molar-refractivity contribution in [1.29, 1.82) is 0 Å². The van der Waals surface area contributed by atoms with Crippen molar-refractivity contribution in [2.75, 3.05) is 6.54 Å². The van der Waals surface area contributed by atoms with Crippen LogP contribution in [0.25, 0.3) is 10.2 Å². The maximum atomic E-state index is 12.1. The van der Waals surface area contributed by atoms with Gasteiger partial charge in [0, 0.05) is 19.0 Å². The van der Waals surface area contributed by atoms with Gasteiger partial charge < -0.3 is 10.4 Å². The number of carboxylic acids is 1. The molecule has 0 aliphatic rings. The largest absolute Gasteiger partial charge is 0.481 e. The van der Waals surface area contributed by atoms with Crippen molar-refractivity contribution in [3.63, 3.8) is 0 Å². The molecule has 0 unspecified atom stereocenters. The van der Waals surface area contributed by atoms with Gasteiger partial charge in [-0.25, -0.2) is 0 Å². The van der Waals surface area contributed by atoms with Crippen molar-refractivity contribution < 1.29 is 14.7 Å². The van der Waals surface area contributed by atoms with Crippen molar-refractivity contribution in [2.45, 2.75) is 20.8 Å². The first-order valence-corrected chi connectivity index (χ1v) is 6.99. The fraction of sp³-hybridized carbons (Fsp3) is 0.462. The Morgan fingerprint density at radius 3 is 2.70 bits per heavy atom. The summed E-state index contributed by atoms with van der Waals surface area (Å²) in [5.74, 6) is -1.19. The van der Waals surface area contributed by atoms with Crippen LogP contribution in [0.2, 0.25) is 0 Å². The van der Waals surface area contributed by atoms with E-state index >= 15 is 0 Å². The van der Waals surface area contributed by atoms with Crippen LogP contribution < -0.4 is 5.32 Å². The summed E-state index contributed by atoms with van der Waals surface area (Å²) >= 11 is 1.35. The summed E-state index contributed by atoms with van der Waals surface area (Å²) < 4.78 is 1.74. The van der Waals surface area contributed by atoms with Crippen molar-refractivity contribution >= 4 is 33.4 Å². The summed E-state index contributed by atoms with van der Waals surface area (Å²) in [5.41, 5.74) is -0.104. The molecule has 2 N–H and O–H groups in total. The molecule has 0 bridgehead atoms. The van der Waals surface area contributed by atoms with E-state index in [1.54, 1.807) is 24.6 Å². The van der Waals surface area contributed by atoms with Crippen molar-refractivity contribution in [2.24, 2.45) is 12.5 Å².